The molecule has 2 rings (SSSR count). The molecule has 0 amide bonds. The van der Waals surface area contributed by atoms with Gasteiger partial charge in [0.1, 0.15) is 0 Å². The van der Waals surface area contributed by atoms with Gasteiger partial charge in [0.25, 0.3) is 0 Å². The van der Waals surface area contributed by atoms with Crippen molar-refractivity contribution >= 4 is 0 Å². The maximum Gasteiger partial charge on any atom is 0.0977 e. The van der Waals surface area contributed by atoms with E-state index in [0.717, 1.165) is 19.3 Å². The number of aliphatic hydroxyl groups excluding tert-OH is 1. The highest BCUT2D eigenvalue weighted by Gasteiger charge is 2.43. The van der Waals surface area contributed by atoms with E-state index in [-0.39, 0.29) is 18.2 Å². The van der Waals surface area contributed by atoms with Gasteiger partial charge in [0.2, 0.25) is 0 Å². The number of hydrogen-bond donors (Lipinski definition) is 2. The lowest BCUT2D eigenvalue weighted by Gasteiger charge is -2.19. The van der Waals surface area contributed by atoms with Crippen LogP contribution >= 0.6 is 0 Å². The summed E-state index contributed by atoms with van der Waals surface area (Å²) in [4.78, 5) is 0. The molecule has 0 aromatic rings. The van der Waals surface area contributed by atoms with Crippen molar-refractivity contribution in [1.29, 1.82) is 0 Å². The first-order valence-electron chi connectivity index (χ1n) is 3.88. The SMILES string of the molecule is NC1C2CCCC(O2)C1O. The molecule has 3 heteroatoms. The minimum absolute atomic E-state index is 0.0359. The van der Waals surface area contributed by atoms with Crippen molar-refractivity contribution in [3.63, 3.8) is 0 Å². The third-order valence-electron chi connectivity index (χ3n) is 2.53. The van der Waals surface area contributed by atoms with E-state index in [9.17, 15) is 5.11 Å². The summed E-state index contributed by atoms with van der Waals surface area (Å²) in [5.74, 6) is 0. The van der Waals surface area contributed by atoms with Crippen LogP contribution in [0.2, 0.25) is 0 Å². The number of fused-ring (bicyclic) bond motifs is 2. The third-order valence-corrected chi connectivity index (χ3v) is 2.53. The molecule has 2 fully saturated rings. The molecule has 0 saturated carbocycles. The molecule has 0 radical (unpaired) electrons. The van der Waals surface area contributed by atoms with Crippen molar-refractivity contribution in [3.8, 4) is 0 Å². The Balaban J connectivity index is 2.13. The third kappa shape index (κ3) is 0.779. The van der Waals surface area contributed by atoms with E-state index in [0.29, 0.717) is 0 Å². The topological polar surface area (TPSA) is 55.5 Å². The Kier molecular flexibility index (Phi) is 1.44. The van der Waals surface area contributed by atoms with Crippen molar-refractivity contribution in [3.05, 3.63) is 0 Å². The van der Waals surface area contributed by atoms with Crippen LogP contribution in [-0.4, -0.2) is 29.5 Å². The Morgan fingerprint density at radius 1 is 1.30 bits per heavy atom. The molecule has 0 aromatic heterocycles. The molecule has 4 atom stereocenters. The van der Waals surface area contributed by atoms with Crippen LogP contribution < -0.4 is 5.73 Å². The molecule has 0 aliphatic carbocycles. The first kappa shape index (κ1) is 6.58. The zero-order chi connectivity index (χ0) is 7.14. The van der Waals surface area contributed by atoms with E-state index < -0.39 is 6.10 Å². The first-order chi connectivity index (χ1) is 4.79. The fraction of sp³-hybridized carbons (Fsp3) is 1.00. The van der Waals surface area contributed by atoms with Gasteiger partial charge in [-0.15, -0.1) is 0 Å². The van der Waals surface area contributed by atoms with E-state index in [1.165, 1.54) is 0 Å². The molecule has 10 heavy (non-hydrogen) atoms. The first-order valence-corrected chi connectivity index (χ1v) is 3.88. The molecule has 2 heterocycles. The van der Waals surface area contributed by atoms with Crippen LogP contribution in [0.3, 0.4) is 0 Å². The van der Waals surface area contributed by atoms with Crippen molar-refractivity contribution in [2.24, 2.45) is 5.73 Å². The van der Waals surface area contributed by atoms with Crippen molar-refractivity contribution in [2.75, 3.05) is 0 Å². The summed E-state index contributed by atoms with van der Waals surface area (Å²) in [6.07, 6.45) is 2.91. The molecule has 2 bridgehead atoms. The predicted molar refractivity (Wildman–Crippen MR) is 36.5 cm³/mol. The molecule has 4 unspecified atom stereocenters. The van der Waals surface area contributed by atoms with E-state index in [2.05, 4.69) is 0 Å². The summed E-state index contributed by atoms with van der Waals surface area (Å²) in [5.41, 5.74) is 5.69. The normalized spacial score (nSPS) is 53.4. The van der Waals surface area contributed by atoms with Gasteiger partial charge in [-0.1, -0.05) is 0 Å². The van der Waals surface area contributed by atoms with E-state index in [4.69, 9.17) is 10.5 Å². The Hall–Kier alpha value is -0.120. The van der Waals surface area contributed by atoms with E-state index in [1.54, 1.807) is 0 Å². The van der Waals surface area contributed by atoms with Crippen molar-refractivity contribution in [2.45, 2.75) is 43.6 Å². The highest BCUT2D eigenvalue weighted by atomic mass is 16.5. The second kappa shape index (κ2) is 2.19. The number of hydrogen-bond acceptors (Lipinski definition) is 3. The summed E-state index contributed by atoms with van der Waals surface area (Å²) in [5, 5.41) is 9.42. The molecule has 2 aliphatic heterocycles. The zero-order valence-corrected chi connectivity index (χ0v) is 5.86. The smallest absolute Gasteiger partial charge is 0.0977 e. The number of ether oxygens (including phenoxy) is 1. The summed E-state index contributed by atoms with van der Waals surface area (Å²) < 4.78 is 5.45. The fourth-order valence-electron chi connectivity index (χ4n) is 1.88. The number of aliphatic hydroxyl groups is 1. The van der Waals surface area contributed by atoms with Gasteiger partial charge in [0, 0.05) is 0 Å². The fourth-order valence-corrected chi connectivity index (χ4v) is 1.88. The van der Waals surface area contributed by atoms with Gasteiger partial charge in [0.15, 0.2) is 0 Å². The maximum atomic E-state index is 9.42. The van der Waals surface area contributed by atoms with Crippen molar-refractivity contribution in [1.82, 2.24) is 0 Å². The van der Waals surface area contributed by atoms with Gasteiger partial charge < -0.3 is 15.6 Å². The Bertz CT molecular complexity index is 122. The monoisotopic (exact) mass is 143 g/mol. The van der Waals surface area contributed by atoms with E-state index >= 15 is 0 Å². The molecule has 0 aromatic carbocycles. The minimum Gasteiger partial charge on any atom is -0.389 e. The van der Waals surface area contributed by atoms with Crippen LogP contribution in [0.25, 0.3) is 0 Å². The highest BCUT2D eigenvalue weighted by Crippen LogP contribution is 2.31. The van der Waals surface area contributed by atoms with Gasteiger partial charge in [-0.2, -0.15) is 0 Å². The van der Waals surface area contributed by atoms with Gasteiger partial charge in [-0.05, 0) is 19.3 Å². The average molecular weight is 143 g/mol. The lowest BCUT2D eigenvalue weighted by atomic mass is 10.1. The van der Waals surface area contributed by atoms with Gasteiger partial charge in [-0.25, -0.2) is 0 Å². The Morgan fingerprint density at radius 2 is 2.00 bits per heavy atom. The van der Waals surface area contributed by atoms with Gasteiger partial charge in [-0.3, -0.25) is 0 Å². The summed E-state index contributed by atoms with van der Waals surface area (Å²) in [6, 6.07) is -0.132. The lowest BCUT2D eigenvalue weighted by molar-refractivity contribution is -0.0224. The van der Waals surface area contributed by atoms with Gasteiger partial charge in [0.05, 0.1) is 24.4 Å². The number of nitrogens with two attached hydrogens (primary N) is 1. The molecule has 3 nitrogen and oxygen atoms in total. The second-order valence-corrected chi connectivity index (χ2v) is 3.21. The van der Waals surface area contributed by atoms with Gasteiger partial charge >= 0.3 is 0 Å². The Labute approximate surface area is 60.2 Å². The van der Waals surface area contributed by atoms with E-state index in [1.807, 2.05) is 0 Å². The zero-order valence-electron chi connectivity index (χ0n) is 5.86. The highest BCUT2D eigenvalue weighted by molar-refractivity contribution is 4.96. The lowest BCUT2D eigenvalue weighted by Crippen LogP contribution is -2.38. The molecule has 58 valence electrons. The average Bonchev–Trinajstić information content (AvgIpc) is 2.17. The van der Waals surface area contributed by atoms with Crippen LogP contribution in [0.1, 0.15) is 19.3 Å². The quantitative estimate of drug-likeness (QED) is 0.486. The number of rotatable bonds is 0. The summed E-state index contributed by atoms with van der Waals surface area (Å²) in [7, 11) is 0. The van der Waals surface area contributed by atoms with Crippen LogP contribution in [0.4, 0.5) is 0 Å². The summed E-state index contributed by atoms with van der Waals surface area (Å²) in [6.45, 7) is 0. The maximum absolute atomic E-state index is 9.42. The molecule has 2 saturated heterocycles. The van der Waals surface area contributed by atoms with Crippen LogP contribution in [0, 0.1) is 0 Å². The van der Waals surface area contributed by atoms with Crippen LogP contribution in [0.5, 0.6) is 0 Å². The summed E-state index contributed by atoms with van der Waals surface area (Å²) >= 11 is 0. The molecular weight excluding hydrogens is 130 g/mol. The second-order valence-electron chi connectivity index (χ2n) is 3.21. The Morgan fingerprint density at radius 3 is 2.60 bits per heavy atom. The predicted octanol–water partition coefficient (Wildman–Crippen LogP) is -0.374. The molecule has 3 N–H and O–H groups in total. The molecule has 2 aliphatic rings. The largest absolute Gasteiger partial charge is 0.389 e. The van der Waals surface area contributed by atoms with Crippen molar-refractivity contribution < 1.29 is 9.84 Å². The van der Waals surface area contributed by atoms with Crippen LogP contribution in [0.15, 0.2) is 0 Å². The van der Waals surface area contributed by atoms with Crippen LogP contribution in [-0.2, 0) is 4.74 Å². The minimum atomic E-state index is -0.410. The molecular formula is C7H13NO2. The molecule has 0 spiro atoms. The standard InChI is InChI=1S/C7H13NO2/c8-6-4-2-1-3-5(10-4)7(6)9/h4-7,9H,1-3,8H2.